The van der Waals surface area contributed by atoms with Crippen LogP contribution < -0.4 is 4.74 Å². The summed E-state index contributed by atoms with van der Waals surface area (Å²) < 4.78 is 4.77. The standard InChI is InChI=1S/C8H6Cl2O3/c1-13-6-2-5(9)7(10)4(3-11)8(6)12/h2-3,12H,1H3. The molecule has 3 nitrogen and oxygen atoms in total. The first-order valence-corrected chi connectivity index (χ1v) is 4.07. The van der Waals surface area contributed by atoms with Crippen LogP contribution in [0, 0.1) is 0 Å². The summed E-state index contributed by atoms with van der Waals surface area (Å²) in [6, 6.07) is 1.34. The topological polar surface area (TPSA) is 46.5 Å². The van der Waals surface area contributed by atoms with Gasteiger partial charge in [-0.05, 0) is 0 Å². The molecule has 0 aliphatic rings. The Hall–Kier alpha value is -0.930. The van der Waals surface area contributed by atoms with E-state index < -0.39 is 0 Å². The van der Waals surface area contributed by atoms with Crippen LogP contribution >= 0.6 is 23.2 Å². The predicted octanol–water partition coefficient (Wildman–Crippen LogP) is 2.52. The summed E-state index contributed by atoms with van der Waals surface area (Å²) in [5.74, 6) is -0.177. The molecule has 1 rings (SSSR count). The fraction of sp³-hybridized carbons (Fsp3) is 0.125. The molecule has 0 spiro atoms. The Bertz CT molecular complexity index is 350. The van der Waals surface area contributed by atoms with Crippen molar-refractivity contribution in [1.29, 1.82) is 0 Å². The van der Waals surface area contributed by atoms with Crippen LogP contribution in [0.2, 0.25) is 10.0 Å². The highest BCUT2D eigenvalue weighted by Crippen LogP contribution is 2.38. The zero-order valence-corrected chi connectivity index (χ0v) is 8.19. The van der Waals surface area contributed by atoms with E-state index in [-0.39, 0.29) is 27.1 Å². The Morgan fingerprint density at radius 3 is 2.62 bits per heavy atom. The number of aromatic hydroxyl groups is 1. The molecule has 13 heavy (non-hydrogen) atoms. The fourth-order valence-electron chi connectivity index (χ4n) is 0.875. The Kier molecular flexibility index (Phi) is 3.01. The van der Waals surface area contributed by atoms with Crippen LogP contribution in [0.3, 0.4) is 0 Å². The van der Waals surface area contributed by atoms with E-state index in [2.05, 4.69) is 0 Å². The minimum Gasteiger partial charge on any atom is -0.504 e. The van der Waals surface area contributed by atoms with Crippen molar-refractivity contribution in [2.45, 2.75) is 0 Å². The van der Waals surface area contributed by atoms with E-state index in [1.165, 1.54) is 13.2 Å². The number of aldehydes is 1. The maximum atomic E-state index is 10.5. The predicted molar refractivity (Wildman–Crippen MR) is 50.1 cm³/mol. The summed E-state index contributed by atoms with van der Waals surface area (Å²) in [4.78, 5) is 10.5. The number of benzene rings is 1. The lowest BCUT2D eigenvalue weighted by Crippen LogP contribution is -1.90. The summed E-state index contributed by atoms with van der Waals surface area (Å²) in [6.07, 6.45) is 0.423. The van der Waals surface area contributed by atoms with Crippen LogP contribution in [-0.2, 0) is 0 Å². The molecule has 1 N–H and O–H groups in total. The largest absolute Gasteiger partial charge is 0.504 e. The number of halogens is 2. The van der Waals surface area contributed by atoms with Gasteiger partial charge in [-0.25, -0.2) is 0 Å². The first-order chi connectivity index (χ1) is 6.11. The SMILES string of the molecule is COc1cc(Cl)c(Cl)c(C=O)c1O. The van der Waals surface area contributed by atoms with Crippen molar-refractivity contribution in [3.8, 4) is 11.5 Å². The number of phenolic OH excluding ortho intramolecular Hbond substituents is 1. The van der Waals surface area contributed by atoms with Crippen LogP contribution in [0.15, 0.2) is 6.07 Å². The van der Waals surface area contributed by atoms with Gasteiger partial charge in [0.2, 0.25) is 0 Å². The number of hydrogen-bond donors (Lipinski definition) is 1. The second-order valence-electron chi connectivity index (χ2n) is 2.25. The third-order valence-corrected chi connectivity index (χ3v) is 2.33. The monoisotopic (exact) mass is 220 g/mol. The Morgan fingerprint density at radius 2 is 2.15 bits per heavy atom. The molecular weight excluding hydrogens is 215 g/mol. The van der Waals surface area contributed by atoms with Gasteiger partial charge in [0.15, 0.2) is 17.8 Å². The van der Waals surface area contributed by atoms with Crippen molar-refractivity contribution in [2.24, 2.45) is 0 Å². The van der Waals surface area contributed by atoms with Gasteiger partial charge >= 0.3 is 0 Å². The molecule has 0 unspecified atom stereocenters. The van der Waals surface area contributed by atoms with Gasteiger partial charge in [0.05, 0.1) is 22.7 Å². The normalized spacial score (nSPS) is 9.77. The molecule has 1 aromatic carbocycles. The van der Waals surface area contributed by atoms with E-state index >= 15 is 0 Å². The average molecular weight is 221 g/mol. The highest BCUT2D eigenvalue weighted by atomic mass is 35.5. The lowest BCUT2D eigenvalue weighted by atomic mass is 10.2. The number of carbonyl (C=O) groups is 1. The second-order valence-corrected chi connectivity index (χ2v) is 3.04. The molecular formula is C8H6Cl2O3. The maximum absolute atomic E-state index is 10.5. The molecule has 0 radical (unpaired) electrons. The quantitative estimate of drug-likeness (QED) is 0.780. The van der Waals surface area contributed by atoms with E-state index in [1.807, 2.05) is 0 Å². The van der Waals surface area contributed by atoms with Gasteiger partial charge in [-0.2, -0.15) is 0 Å². The number of hydrogen-bond acceptors (Lipinski definition) is 3. The molecule has 0 amide bonds. The van der Waals surface area contributed by atoms with Crippen LogP contribution in [-0.4, -0.2) is 18.5 Å². The number of methoxy groups -OCH3 is 1. The van der Waals surface area contributed by atoms with Gasteiger partial charge in [-0.1, -0.05) is 23.2 Å². The van der Waals surface area contributed by atoms with Crippen molar-refractivity contribution in [2.75, 3.05) is 7.11 Å². The fourth-order valence-corrected chi connectivity index (χ4v) is 1.26. The third-order valence-electron chi connectivity index (χ3n) is 1.53. The van der Waals surface area contributed by atoms with Gasteiger partial charge < -0.3 is 9.84 Å². The first-order valence-electron chi connectivity index (χ1n) is 3.32. The van der Waals surface area contributed by atoms with Crippen molar-refractivity contribution in [3.05, 3.63) is 21.7 Å². The van der Waals surface area contributed by atoms with E-state index in [0.717, 1.165) is 0 Å². The molecule has 0 aromatic heterocycles. The van der Waals surface area contributed by atoms with Gasteiger partial charge in [-0.15, -0.1) is 0 Å². The molecule has 0 saturated carbocycles. The number of phenols is 1. The average Bonchev–Trinajstić information content (AvgIpc) is 2.12. The summed E-state index contributed by atoms with van der Waals surface area (Å²) in [6.45, 7) is 0. The summed E-state index contributed by atoms with van der Waals surface area (Å²) in [5.41, 5.74) is -0.0639. The smallest absolute Gasteiger partial charge is 0.170 e. The van der Waals surface area contributed by atoms with E-state index in [1.54, 1.807) is 0 Å². The molecule has 0 aliphatic heterocycles. The van der Waals surface area contributed by atoms with Crippen molar-refractivity contribution in [1.82, 2.24) is 0 Å². The molecule has 70 valence electrons. The van der Waals surface area contributed by atoms with Crippen LogP contribution in [0.25, 0.3) is 0 Å². The van der Waals surface area contributed by atoms with E-state index in [0.29, 0.717) is 6.29 Å². The van der Waals surface area contributed by atoms with Gasteiger partial charge in [-0.3, -0.25) is 4.79 Å². The molecule has 0 heterocycles. The first kappa shape index (κ1) is 10.2. The van der Waals surface area contributed by atoms with E-state index in [4.69, 9.17) is 27.9 Å². The molecule has 0 aliphatic carbocycles. The van der Waals surface area contributed by atoms with Crippen molar-refractivity contribution < 1.29 is 14.6 Å². The zero-order chi connectivity index (χ0) is 10.0. The van der Waals surface area contributed by atoms with Crippen molar-refractivity contribution in [3.63, 3.8) is 0 Å². The molecule has 5 heteroatoms. The van der Waals surface area contributed by atoms with Gasteiger partial charge in [0.25, 0.3) is 0 Å². The minimum atomic E-state index is -0.299. The Labute approximate surface area is 84.8 Å². The Morgan fingerprint density at radius 1 is 1.54 bits per heavy atom. The highest BCUT2D eigenvalue weighted by molar-refractivity contribution is 6.43. The third kappa shape index (κ3) is 1.71. The minimum absolute atomic E-state index is 0.0231. The molecule has 1 aromatic rings. The van der Waals surface area contributed by atoms with Gasteiger partial charge in [0, 0.05) is 6.07 Å². The van der Waals surface area contributed by atoms with Crippen LogP contribution in [0.5, 0.6) is 11.5 Å². The molecule has 0 saturated heterocycles. The van der Waals surface area contributed by atoms with Crippen LogP contribution in [0.1, 0.15) is 10.4 Å². The maximum Gasteiger partial charge on any atom is 0.170 e. The number of rotatable bonds is 2. The Balaban J connectivity index is 3.47. The van der Waals surface area contributed by atoms with Crippen LogP contribution in [0.4, 0.5) is 0 Å². The summed E-state index contributed by atoms with van der Waals surface area (Å²) >= 11 is 11.3. The number of carbonyl (C=O) groups excluding carboxylic acids is 1. The highest BCUT2D eigenvalue weighted by Gasteiger charge is 2.15. The van der Waals surface area contributed by atoms with E-state index in [9.17, 15) is 9.90 Å². The summed E-state index contributed by atoms with van der Waals surface area (Å²) in [5, 5.41) is 9.58. The van der Waals surface area contributed by atoms with Gasteiger partial charge in [0.1, 0.15) is 0 Å². The second kappa shape index (κ2) is 3.85. The lowest BCUT2D eigenvalue weighted by molar-refractivity contribution is 0.112. The molecule has 0 bridgehead atoms. The number of ether oxygens (including phenoxy) is 1. The molecule has 0 atom stereocenters. The molecule has 0 fully saturated rings. The lowest BCUT2D eigenvalue weighted by Gasteiger charge is -2.07. The van der Waals surface area contributed by atoms with Crippen molar-refractivity contribution >= 4 is 29.5 Å². The summed E-state index contributed by atoms with van der Waals surface area (Å²) in [7, 11) is 1.36. The zero-order valence-electron chi connectivity index (χ0n) is 6.67.